The number of hydrogen-bond acceptors (Lipinski definition) is 3. The Labute approximate surface area is 116 Å². The Morgan fingerprint density at radius 2 is 1.89 bits per heavy atom. The third-order valence-corrected chi connectivity index (χ3v) is 5.54. The molecule has 1 saturated carbocycles. The molecule has 0 aromatic carbocycles. The third-order valence-electron chi connectivity index (χ3n) is 5.54. The van der Waals surface area contributed by atoms with Crippen LogP contribution in [-0.2, 0) is 9.53 Å². The van der Waals surface area contributed by atoms with Crippen molar-refractivity contribution >= 4 is 5.78 Å². The lowest BCUT2D eigenvalue weighted by Gasteiger charge is -2.42. The largest absolute Gasteiger partial charge is 0.375 e. The van der Waals surface area contributed by atoms with Gasteiger partial charge >= 0.3 is 0 Å². The molecule has 2 atom stereocenters. The fourth-order valence-electron chi connectivity index (χ4n) is 4.34. The maximum absolute atomic E-state index is 12.9. The number of nitrogens with one attached hydrogen (secondary N) is 1. The van der Waals surface area contributed by atoms with E-state index in [-0.39, 0.29) is 17.1 Å². The summed E-state index contributed by atoms with van der Waals surface area (Å²) in [5, 5.41) is 3.48. The summed E-state index contributed by atoms with van der Waals surface area (Å²) in [6.45, 7) is 3.90. The smallest absolute Gasteiger partial charge is 0.155 e. The Bertz CT molecular complexity index is 341. The summed E-state index contributed by atoms with van der Waals surface area (Å²) in [6, 6.07) is 0. The Hall–Kier alpha value is -0.410. The van der Waals surface area contributed by atoms with Gasteiger partial charge in [-0.3, -0.25) is 4.79 Å². The number of ketones is 1. The number of piperidine rings is 1. The van der Waals surface area contributed by atoms with Gasteiger partial charge in [-0.1, -0.05) is 12.8 Å². The second-order valence-corrected chi connectivity index (χ2v) is 7.01. The first-order chi connectivity index (χ1) is 9.14. The van der Waals surface area contributed by atoms with Crippen LogP contribution < -0.4 is 5.32 Å². The molecule has 0 bridgehead atoms. The van der Waals surface area contributed by atoms with E-state index in [1.165, 1.54) is 38.5 Å². The molecule has 108 valence electrons. The molecule has 3 rings (SSSR count). The molecule has 2 saturated heterocycles. The van der Waals surface area contributed by atoms with E-state index in [1.54, 1.807) is 0 Å². The molecule has 0 aromatic heterocycles. The standard InChI is InChI=1S/C16H27NO2/c1-15(7-4-5-10-17-15)14(18)13-6-11-19-16(12-13)8-2-3-9-16/h13,17H,2-12H2,1H3. The maximum atomic E-state index is 12.9. The van der Waals surface area contributed by atoms with Crippen LogP contribution in [0.4, 0.5) is 0 Å². The van der Waals surface area contributed by atoms with Gasteiger partial charge in [0.15, 0.2) is 5.78 Å². The highest BCUT2D eigenvalue weighted by molar-refractivity contribution is 5.90. The first kappa shape index (κ1) is 13.6. The van der Waals surface area contributed by atoms with E-state index in [2.05, 4.69) is 12.2 Å². The average molecular weight is 265 g/mol. The number of hydrogen-bond donors (Lipinski definition) is 1. The molecule has 1 spiro atoms. The summed E-state index contributed by atoms with van der Waals surface area (Å²) in [4.78, 5) is 12.9. The summed E-state index contributed by atoms with van der Waals surface area (Å²) in [7, 11) is 0. The molecule has 3 fully saturated rings. The van der Waals surface area contributed by atoms with E-state index in [1.807, 2.05) is 0 Å². The lowest BCUT2D eigenvalue weighted by molar-refractivity contribution is -0.142. The van der Waals surface area contributed by atoms with Crippen LogP contribution in [0.15, 0.2) is 0 Å². The predicted octanol–water partition coefficient (Wildman–Crippen LogP) is 2.83. The highest BCUT2D eigenvalue weighted by Crippen LogP contribution is 2.43. The number of ether oxygens (including phenoxy) is 1. The summed E-state index contributed by atoms with van der Waals surface area (Å²) in [6.07, 6.45) is 10.2. The second kappa shape index (κ2) is 5.17. The lowest BCUT2D eigenvalue weighted by atomic mass is 9.74. The van der Waals surface area contributed by atoms with E-state index in [0.717, 1.165) is 32.4 Å². The monoisotopic (exact) mass is 265 g/mol. The second-order valence-electron chi connectivity index (χ2n) is 7.01. The van der Waals surface area contributed by atoms with Crippen molar-refractivity contribution in [2.45, 2.75) is 75.9 Å². The Morgan fingerprint density at radius 1 is 1.16 bits per heavy atom. The predicted molar refractivity (Wildman–Crippen MR) is 75.1 cm³/mol. The minimum atomic E-state index is -0.264. The molecule has 3 aliphatic rings. The van der Waals surface area contributed by atoms with Gasteiger partial charge in [0, 0.05) is 12.5 Å². The Kier molecular flexibility index (Phi) is 3.69. The van der Waals surface area contributed by atoms with E-state index in [9.17, 15) is 4.79 Å². The van der Waals surface area contributed by atoms with Crippen molar-refractivity contribution in [3.05, 3.63) is 0 Å². The molecule has 2 heterocycles. The average Bonchev–Trinajstić information content (AvgIpc) is 2.87. The fourth-order valence-corrected chi connectivity index (χ4v) is 4.34. The Morgan fingerprint density at radius 3 is 2.58 bits per heavy atom. The highest BCUT2D eigenvalue weighted by Gasteiger charge is 2.46. The van der Waals surface area contributed by atoms with Crippen LogP contribution in [0.1, 0.15) is 64.7 Å². The van der Waals surface area contributed by atoms with Crippen molar-refractivity contribution in [2.24, 2.45) is 5.92 Å². The van der Waals surface area contributed by atoms with Crippen molar-refractivity contribution in [3.63, 3.8) is 0 Å². The van der Waals surface area contributed by atoms with Crippen LogP contribution in [0.3, 0.4) is 0 Å². The quantitative estimate of drug-likeness (QED) is 0.834. The van der Waals surface area contributed by atoms with Gasteiger partial charge in [-0.05, 0) is 58.4 Å². The minimum Gasteiger partial charge on any atom is -0.375 e. The van der Waals surface area contributed by atoms with Crippen LogP contribution in [0.25, 0.3) is 0 Å². The van der Waals surface area contributed by atoms with Crippen LogP contribution in [-0.4, -0.2) is 30.1 Å². The molecule has 3 heteroatoms. The van der Waals surface area contributed by atoms with Crippen LogP contribution in [0.2, 0.25) is 0 Å². The van der Waals surface area contributed by atoms with Gasteiger partial charge in [-0.15, -0.1) is 0 Å². The summed E-state index contributed by atoms with van der Waals surface area (Å²) in [5.74, 6) is 0.684. The van der Waals surface area contributed by atoms with Crippen molar-refractivity contribution < 1.29 is 9.53 Å². The van der Waals surface area contributed by atoms with Gasteiger partial charge in [0.2, 0.25) is 0 Å². The molecule has 2 aliphatic heterocycles. The molecule has 0 radical (unpaired) electrons. The van der Waals surface area contributed by atoms with Gasteiger partial charge in [0.1, 0.15) is 0 Å². The zero-order valence-electron chi connectivity index (χ0n) is 12.2. The van der Waals surface area contributed by atoms with Crippen molar-refractivity contribution in [1.82, 2.24) is 5.32 Å². The van der Waals surface area contributed by atoms with E-state index in [0.29, 0.717) is 5.78 Å². The normalized spacial score (nSPS) is 38.5. The number of rotatable bonds is 2. The fraction of sp³-hybridized carbons (Fsp3) is 0.938. The first-order valence-corrected chi connectivity index (χ1v) is 8.07. The van der Waals surface area contributed by atoms with Gasteiger partial charge in [-0.25, -0.2) is 0 Å². The topological polar surface area (TPSA) is 38.3 Å². The molecule has 0 aromatic rings. The lowest BCUT2D eigenvalue weighted by Crippen LogP contribution is -2.56. The molecular formula is C16H27NO2. The van der Waals surface area contributed by atoms with Gasteiger partial charge in [0.05, 0.1) is 11.1 Å². The molecule has 1 aliphatic carbocycles. The molecule has 3 nitrogen and oxygen atoms in total. The summed E-state index contributed by atoms with van der Waals surface area (Å²) >= 11 is 0. The molecule has 0 amide bonds. The number of Topliss-reactive ketones (excluding diaryl/α,β-unsaturated/α-hetero) is 1. The first-order valence-electron chi connectivity index (χ1n) is 8.07. The zero-order valence-corrected chi connectivity index (χ0v) is 12.2. The summed E-state index contributed by atoms with van der Waals surface area (Å²) < 4.78 is 6.05. The van der Waals surface area contributed by atoms with E-state index >= 15 is 0 Å². The highest BCUT2D eigenvalue weighted by atomic mass is 16.5. The summed E-state index contributed by atoms with van der Waals surface area (Å²) in [5.41, 5.74) is -0.205. The van der Waals surface area contributed by atoms with Crippen molar-refractivity contribution in [2.75, 3.05) is 13.2 Å². The van der Waals surface area contributed by atoms with Crippen molar-refractivity contribution in [1.29, 1.82) is 0 Å². The molecule has 2 unspecified atom stereocenters. The molecule has 1 N–H and O–H groups in total. The van der Waals surface area contributed by atoms with Crippen molar-refractivity contribution in [3.8, 4) is 0 Å². The number of carbonyl (C=O) groups is 1. The van der Waals surface area contributed by atoms with Crippen LogP contribution in [0, 0.1) is 5.92 Å². The van der Waals surface area contributed by atoms with Gasteiger partial charge in [-0.2, -0.15) is 0 Å². The molecule has 19 heavy (non-hydrogen) atoms. The van der Waals surface area contributed by atoms with Gasteiger partial charge < -0.3 is 10.1 Å². The van der Waals surface area contributed by atoms with E-state index < -0.39 is 0 Å². The van der Waals surface area contributed by atoms with Gasteiger partial charge in [0.25, 0.3) is 0 Å². The Balaban J connectivity index is 1.69. The SMILES string of the molecule is CC1(C(=O)C2CCOC3(CCCC3)C2)CCCCN1. The number of carbonyl (C=O) groups excluding carboxylic acids is 1. The van der Waals surface area contributed by atoms with Crippen LogP contribution >= 0.6 is 0 Å². The zero-order chi connectivity index (χ0) is 13.3. The maximum Gasteiger partial charge on any atom is 0.155 e. The minimum absolute atomic E-state index is 0.0591. The van der Waals surface area contributed by atoms with E-state index in [4.69, 9.17) is 4.74 Å². The third kappa shape index (κ3) is 2.59. The van der Waals surface area contributed by atoms with Crippen LogP contribution in [0.5, 0.6) is 0 Å². The molecular weight excluding hydrogens is 238 g/mol.